The Balaban J connectivity index is 4.76. The number of rotatable bonds is 7. The van der Waals surface area contributed by atoms with Gasteiger partial charge in [0.05, 0.1) is 0 Å². The second-order valence-electron chi connectivity index (χ2n) is 7.37. The molecule has 0 fully saturated rings. The minimum absolute atomic E-state index is 0.204. The summed E-state index contributed by atoms with van der Waals surface area (Å²) in [5, 5.41) is 12.4. The molecule has 0 aliphatic carbocycles. The molecule has 0 aromatic rings. The maximum Gasteiger partial charge on any atom is 0.329 e. The molecule has 2 N–H and O–H groups in total. The van der Waals surface area contributed by atoms with Gasteiger partial charge in [0.1, 0.15) is 17.7 Å². The number of esters is 1. The summed E-state index contributed by atoms with van der Waals surface area (Å²) in [5.74, 6) is -0.539. The van der Waals surface area contributed by atoms with Crippen LogP contribution in [0.4, 0.5) is 0 Å². The summed E-state index contributed by atoms with van der Waals surface area (Å²) in [6, 6.07) is -0.724. The van der Waals surface area contributed by atoms with Crippen molar-refractivity contribution in [2.45, 2.75) is 79.1 Å². The molecule has 0 rings (SSSR count). The Kier molecular flexibility index (Phi) is 7.93. The molecule has 0 unspecified atom stereocenters. The molecule has 0 aromatic carbocycles. The van der Waals surface area contributed by atoms with Gasteiger partial charge >= 0.3 is 5.97 Å². The normalized spacial score (nSPS) is 15.0. The molecule has 0 saturated carbocycles. The number of ether oxygens (including phenoxy) is 1. The highest BCUT2D eigenvalue weighted by molar-refractivity contribution is 5.86. The monoisotopic (exact) mass is 301 g/mol. The Morgan fingerprint density at radius 3 is 1.90 bits per heavy atom. The molecule has 0 aromatic heterocycles. The molecule has 0 aliphatic heterocycles. The van der Waals surface area contributed by atoms with E-state index in [0.717, 1.165) is 0 Å². The highest BCUT2D eigenvalue weighted by Crippen LogP contribution is 2.13. The topological polar surface area (TPSA) is 75.6 Å². The van der Waals surface area contributed by atoms with Gasteiger partial charge in [-0.1, -0.05) is 27.7 Å². The molecular formula is C16H31NO4. The summed E-state index contributed by atoms with van der Waals surface area (Å²) in [6.07, 6.45) is -0.244. The van der Waals surface area contributed by atoms with Gasteiger partial charge in [0.15, 0.2) is 0 Å². The van der Waals surface area contributed by atoms with Crippen LogP contribution in [0.5, 0.6) is 0 Å². The Labute approximate surface area is 128 Å². The molecule has 0 radical (unpaired) electrons. The van der Waals surface area contributed by atoms with Crippen LogP contribution in [0.2, 0.25) is 0 Å². The zero-order valence-corrected chi connectivity index (χ0v) is 14.4. The fourth-order valence-corrected chi connectivity index (χ4v) is 1.88. The number of hydrogen-bond donors (Lipinski definition) is 2. The van der Waals surface area contributed by atoms with Gasteiger partial charge in [-0.2, -0.15) is 0 Å². The highest BCUT2D eigenvalue weighted by atomic mass is 16.6. The lowest BCUT2D eigenvalue weighted by atomic mass is 10.0. The van der Waals surface area contributed by atoms with Crippen LogP contribution in [0.25, 0.3) is 0 Å². The fourth-order valence-electron chi connectivity index (χ4n) is 1.88. The molecule has 2 atom stereocenters. The quantitative estimate of drug-likeness (QED) is 0.707. The predicted octanol–water partition coefficient (Wildman–Crippen LogP) is 2.27. The van der Waals surface area contributed by atoms with Crippen molar-refractivity contribution in [3.63, 3.8) is 0 Å². The lowest BCUT2D eigenvalue weighted by Crippen LogP contribution is -2.48. The third-order valence-electron chi connectivity index (χ3n) is 2.71. The van der Waals surface area contributed by atoms with E-state index < -0.39 is 29.6 Å². The molecule has 5 nitrogen and oxygen atoms in total. The Morgan fingerprint density at radius 1 is 1.05 bits per heavy atom. The third kappa shape index (κ3) is 9.45. The molecule has 0 heterocycles. The van der Waals surface area contributed by atoms with Gasteiger partial charge in [0.25, 0.3) is 0 Å². The van der Waals surface area contributed by atoms with Gasteiger partial charge in [-0.15, -0.1) is 0 Å². The molecule has 0 spiro atoms. The Bertz CT molecular complexity index is 345. The van der Waals surface area contributed by atoms with Gasteiger partial charge in [0.2, 0.25) is 5.91 Å². The number of amides is 1. The maximum atomic E-state index is 12.2. The first-order valence-corrected chi connectivity index (χ1v) is 7.63. The average molecular weight is 301 g/mol. The second kappa shape index (κ2) is 8.37. The van der Waals surface area contributed by atoms with E-state index in [1.165, 1.54) is 0 Å². The number of carbonyl (C=O) groups is 2. The van der Waals surface area contributed by atoms with Crippen LogP contribution in [-0.4, -0.2) is 34.7 Å². The van der Waals surface area contributed by atoms with Crippen LogP contribution in [0.15, 0.2) is 0 Å². The molecule has 0 saturated heterocycles. The van der Waals surface area contributed by atoms with E-state index in [1.807, 2.05) is 27.7 Å². The first kappa shape index (κ1) is 19.9. The van der Waals surface area contributed by atoms with Crippen LogP contribution in [0.1, 0.15) is 61.3 Å². The lowest BCUT2D eigenvalue weighted by Gasteiger charge is -2.26. The standard InChI is InChI=1S/C16H31NO4/c1-10(2)8-12(15(20)21-16(5,6)7)17-14(19)13(18)9-11(3)4/h10-13,18H,8-9H2,1-7H3,(H,17,19)/t12-,13-/m0/s1. The van der Waals surface area contributed by atoms with Crippen molar-refractivity contribution in [2.24, 2.45) is 11.8 Å². The molecule has 1 amide bonds. The van der Waals surface area contributed by atoms with Crippen molar-refractivity contribution in [3.8, 4) is 0 Å². The van der Waals surface area contributed by atoms with Crippen LogP contribution >= 0.6 is 0 Å². The summed E-state index contributed by atoms with van der Waals surface area (Å²) >= 11 is 0. The molecule has 21 heavy (non-hydrogen) atoms. The summed E-state index contributed by atoms with van der Waals surface area (Å²) in [5.41, 5.74) is -0.604. The van der Waals surface area contributed by atoms with E-state index in [0.29, 0.717) is 12.8 Å². The molecule has 0 bridgehead atoms. The van der Waals surface area contributed by atoms with Crippen LogP contribution in [0, 0.1) is 11.8 Å². The summed E-state index contributed by atoms with van der Waals surface area (Å²) < 4.78 is 5.33. The smallest absolute Gasteiger partial charge is 0.329 e. The predicted molar refractivity (Wildman–Crippen MR) is 82.7 cm³/mol. The first-order valence-electron chi connectivity index (χ1n) is 7.63. The molecule has 5 heteroatoms. The maximum absolute atomic E-state index is 12.2. The first-order chi connectivity index (χ1) is 9.42. The van der Waals surface area contributed by atoms with Crippen molar-refractivity contribution >= 4 is 11.9 Å². The van der Waals surface area contributed by atoms with Gasteiger partial charge in [-0.05, 0) is 45.4 Å². The SMILES string of the molecule is CC(C)C[C@H](NC(=O)[C@@H](O)CC(C)C)C(=O)OC(C)(C)C. The van der Waals surface area contributed by atoms with E-state index in [1.54, 1.807) is 20.8 Å². The summed E-state index contributed by atoms with van der Waals surface area (Å²) in [7, 11) is 0. The highest BCUT2D eigenvalue weighted by Gasteiger charge is 2.29. The van der Waals surface area contributed by atoms with Gasteiger partial charge in [-0.25, -0.2) is 4.79 Å². The van der Waals surface area contributed by atoms with Crippen LogP contribution in [0.3, 0.4) is 0 Å². The minimum Gasteiger partial charge on any atom is -0.458 e. The molecular weight excluding hydrogens is 270 g/mol. The number of aliphatic hydroxyl groups excluding tert-OH is 1. The number of nitrogens with one attached hydrogen (secondary N) is 1. The third-order valence-corrected chi connectivity index (χ3v) is 2.71. The van der Waals surface area contributed by atoms with E-state index >= 15 is 0 Å². The molecule has 124 valence electrons. The summed E-state index contributed by atoms with van der Waals surface area (Å²) in [6.45, 7) is 13.1. The average Bonchev–Trinajstić information content (AvgIpc) is 2.23. The van der Waals surface area contributed by atoms with E-state index in [4.69, 9.17) is 4.74 Å². The van der Waals surface area contributed by atoms with Crippen LogP contribution in [-0.2, 0) is 14.3 Å². The zero-order chi connectivity index (χ0) is 16.8. The van der Waals surface area contributed by atoms with Crippen molar-refractivity contribution in [1.29, 1.82) is 0 Å². The summed E-state index contributed by atoms with van der Waals surface area (Å²) in [4.78, 5) is 24.1. The van der Waals surface area contributed by atoms with Crippen LogP contribution < -0.4 is 5.32 Å². The number of aliphatic hydroxyl groups is 1. The minimum atomic E-state index is -1.10. The van der Waals surface area contributed by atoms with Crippen molar-refractivity contribution in [2.75, 3.05) is 0 Å². The van der Waals surface area contributed by atoms with Gasteiger partial charge in [0, 0.05) is 0 Å². The van der Waals surface area contributed by atoms with Gasteiger partial charge < -0.3 is 15.2 Å². The van der Waals surface area contributed by atoms with E-state index in [9.17, 15) is 14.7 Å². The number of carbonyl (C=O) groups excluding carboxylic acids is 2. The van der Waals surface area contributed by atoms with E-state index in [-0.39, 0.29) is 11.8 Å². The van der Waals surface area contributed by atoms with Crippen molar-refractivity contribution in [1.82, 2.24) is 5.32 Å². The fraction of sp³-hybridized carbons (Fsp3) is 0.875. The Hall–Kier alpha value is -1.10. The van der Waals surface area contributed by atoms with Crippen molar-refractivity contribution in [3.05, 3.63) is 0 Å². The van der Waals surface area contributed by atoms with Crippen molar-refractivity contribution < 1.29 is 19.4 Å². The largest absolute Gasteiger partial charge is 0.458 e. The molecule has 0 aliphatic rings. The van der Waals surface area contributed by atoms with E-state index in [2.05, 4.69) is 5.32 Å². The number of hydrogen-bond acceptors (Lipinski definition) is 4. The Morgan fingerprint density at radius 2 is 1.52 bits per heavy atom. The second-order valence-corrected chi connectivity index (χ2v) is 7.37. The zero-order valence-electron chi connectivity index (χ0n) is 14.4. The lowest BCUT2D eigenvalue weighted by molar-refractivity contribution is -0.159. The van der Waals surface area contributed by atoms with Gasteiger partial charge in [-0.3, -0.25) is 4.79 Å².